The van der Waals surface area contributed by atoms with Gasteiger partial charge in [-0.15, -0.1) is 0 Å². The van der Waals surface area contributed by atoms with E-state index in [9.17, 15) is 4.79 Å². The number of fused-ring (bicyclic) bond motifs is 1. The highest BCUT2D eigenvalue weighted by Crippen LogP contribution is 2.44. The second kappa shape index (κ2) is 4.17. The molecule has 1 aliphatic rings. The minimum atomic E-state index is -0.0825. The van der Waals surface area contributed by atoms with E-state index in [4.69, 9.17) is 0 Å². The van der Waals surface area contributed by atoms with Crippen LogP contribution in [0.1, 0.15) is 52.0 Å². The summed E-state index contributed by atoms with van der Waals surface area (Å²) in [4.78, 5) is 13.9. The Bertz CT molecular complexity index is 436. The molecule has 0 N–H and O–H groups in total. The molecule has 0 aliphatic carbocycles. The Morgan fingerprint density at radius 3 is 2.65 bits per heavy atom. The van der Waals surface area contributed by atoms with Gasteiger partial charge >= 0.3 is 0 Å². The van der Waals surface area contributed by atoms with Crippen LogP contribution >= 0.6 is 0 Å². The first-order chi connectivity index (χ1) is 7.97. The van der Waals surface area contributed by atoms with Crippen molar-refractivity contribution in [1.29, 1.82) is 0 Å². The van der Waals surface area contributed by atoms with Gasteiger partial charge in [-0.3, -0.25) is 4.79 Å². The molecule has 1 amide bonds. The lowest BCUT2D eigenvalue weighted by Crippen LogP contribution is -2.51. The molecule has 1 aromatic carbocycles. The highest BCUT2D eigenvalue weighted by atomic mass is 16.2. The van der Waals surface area contributed by atoms with Crippen LogP contribution in [-0.2, 0) is 4.79 Å². The third kappa shape index (κ3) is 1.97. The van der Waals surface area contributed by atoms with E-state index in [1.54, 1.807) is 6.92 Å². The molecule has 0 radical (unpaired) electrons. The van der Waals surface area contributed by atoms with E-state index in [0.29, 0.717) is 5.92 Å². The van der Waals surface area contributed by atoms with Crippen molar-refractivity contribution in [2.75, 3.05) is 4.90 Å². The summed E-state index contributed by atoms with van der Waals surface area (Å²) >= 11 is 0. The summed E-state index contributed by atoms with van der Waals surface area (Å²) in [5, 5.41) is 0. The molecule has 1 aromatic rings. The highest BCUT2D eigenvalue weighted by Gasteiger charge is 2.39. The highest BCUT2D eigenvalue weighted by molar-refractivity contribution is 5.94. The van der Waals surface area contributed by atoms with Crippen LogP contribution in [0.5, 0.6) is 0 Å². The maximum absolute atomic E-state index is 11.9. The quantitative estimate of drug-likeness (QED) is 0.721. The van der Waals surface area contributed by atoms with Crippen molar-refractivity contribution in [3.8, 4) is 0 Å². The normalized spacial score (nSPS) is 22.1. The molecule has 2 heteroatoms. The number of hydrogen-bond acceptors (Lipinski definition) is 1. The van der Waals surface area contributed by atoms with Gasteiger partial charge < -0.3 is 4.90 Å². The van der Waals surface area contributed by atoms with Gasteiger partial charge in [0.1, 0.15) is 0 Å². The van der Waals surface area contributed by atoms with E-state index in [1.807, 2.05) is 11.0 Å². The third-order valence-electron chi connectivity index (χ3n) is 3.78. The van der Waals surface area contributed by atoms with Crippen LogP contribution in [0.25, 0.3) is 0 Å². The standard InChI is InChI=1S/C15H21NO/c1-5-12-10-15(3,4)16(11(2)17)14-9-7-6-8-13(12)14/h6-9,12H,5,10H2,1-4H3. The Hall–Kier alpha value is -1.31. The van der Waals surface area contributed by atoms with Crippen LogP contribution < -0.4 is 4.90 Å². The molecular weight excluding hydrogens is 210 g/mol. The number of carbonyl (C=O) groups is 1. The zero-order valence-corrected chi connectivity index (χ0v) is 11.2. The monoisotopic (exact) mass is 231 g/mol. The lowest BCUT2D eigenvalue weighted by Gasteiger charge is -2.46. The van der Waals surface area contributed by atoms with Gasteiger partial charge in [-0.1, -0.05) is 25.1 Å². The number of benzene rings is 1. The van der Waals surface area contributed by atoms with Gasteiger partial charge in [0.25, 0.3) is 0 Å². The molecule has 2 nitrogen and oxygen atoms in total. The maximum atomic E-state index is 11.9. The summed E-state index contributed by atoms with van der Waals surface area (Å²) in [5.41, 5.74) is 2.34. The van der Waals surface area contributed by atoms with Crippen molar-refractivity contribution < 1.29 is 4.79 Å². The summed E-state index contributed by atoms with van der Waals surface area (Å²) in [6, 6.07) is 8.32. The fraction of sp³-hybridized carbons (Fsp3) is 0.533. The molecule has 0 fully saturated rings. The topological polar surface area (TPSA) is 20.3 Å². The third-order valence-corrected chi connectivity index (χ3v) is 3.78. The van der Waals surface area contributed by atoms with Crippen LogP contribution in [0, 0.1) is 0 Å². The van der Waals surface area contributed by atoms with Crippen molar-refractivity contribution in [1.82, 2.24) is 0 Å². The van der Waals surface area contributed by atoms with Crippen molar-refractivity contribution in [2.45, 2.75) is 52.0 Å². The molecule has 0 bridgehead atoms. The van der Waals surface area contributed by atoms with Crippen LogP contribution in [0.15, 0.2) is 24.3 Å². The Morgan fingerprint density at radius 2 is 2.06 bits per heavy atom. The van der Waals surface area contributed by atoms with E-state index >= 15 is 0 Å². The van der Waals surface area contributed by atoms with Gasteiger partial charge in [0.2, 0.25) is 5.91 Å². The average molecular weight is 231 g/mol. The maximum Gasteiger partial charge on any atom is 0.224 e. The number of anilines is 1. The van der Waals surface area contributed by atoms with Crippen molar-refractivity contribution in [3.63, 3.8) is 0 Å². The van der Waals surface area contributed by atoms with Gasteiger partial charge in [0.05, 0.1) is 0 Å². The summed E-state index contributed by atoms with van der Waals surface area (Å²) < 4.78 is 0. The van der Waals surface area contributed by atoms with Gasteiger partial charge in [0.15, 0.2) is 0 Å². The van der Waals surface area contributed by atoms with Gasteiger partial charge in [-0.25, -0.2) is 0 Å². The first kappa shape index (κ1) is 12.2. The zero-order valence-electron chi connectivity index (χ0n) is 11.2. The zero-order chi connectivity index (χ0) is 12.6. The Balaban J connectivity index is 2.57. The van der Waals surface area contributed by atoms with Crippen LogP contribution in [0.3, 0.4) is 0 Å². The summed E-state index contributed by atoms with van der Waals surface area (Å²) in [6.07, 6.45) is 2.17. The Labute approximate surface area is 104 Å². The second-order valence-electron chi connectivity index (χ2n) is 5.53. The van der Waals surface area contributed by atoms with E-state index in [2.05, 4.69) is 39.0 Å². The molecule has 92 valence electrons. The number of amides is 1. The van der Waals surface area contributed by atoms with Gasteiger partial charge in [0, 0.05) is 18.2 Å². The Kier molecular flexibility index (Phi) is 2.98. The molecule has 2 rings (SSSR count). The number of hydrogen-bond donors (Lipinski definition) is 0. The molecule has 1 aliphatic heterocycles. The Morgan fingerprint density at radius 1 is 1.41 bits per heavy atom. The van der Waals surface area contributed by atoms with Gasteiger partial charge in [-0.2, -0.15) is 0 Å². The fourth-order valence-electron chi connectivity index (χ4n) is 3.13. The predicted molar refractivity (Wildman–Crippen MR) is 71.3 cm³/mol. The summed E-state index contributed by atoms with van der Waals surface area (Å²) in [6.45, 7) is 8.20. The number of para-hydroxylation sites is 1. The number of carbonyl (C=O) groups excluding carboxylic acids is 1. The fourth-order valence-corrected chi connectivity index (χ4v) is 3.13. The van der Waals surface area contributed by atoms with Crippen molar-refractivity contribution in [2.24, 2.45) is 0 Å². The van der Waals surface area contributed by atoms with E-state index in [1.165, 1.54) is 5.56 Å². The average Bonchev–Trinajstić information content (AvgIpc) is 2.26. The molecule has 1 unspecified atom stereocenters. The smallest absolute Gasteiger partial charge is 0.224 e. The molecule has 0 saturated heterocycles. The number of nitrogens with zero attached hydrogens (tertiary/aromatic N) is 1. The lowest BCUT2D eigenvalue weighted by atomic mass is 9.78. The largest absolute Gasteiger partial charge is 0.307 e. The second-order valence-corrected chi connectivity index (χ2v) is 5.53. The summed E-state index contributed by atoms with van der Waals surface area (Å²) in [7, 11) is 0. The van der Waals surface area contributed by atoms with E-state index in [-0.39, 0.29) is 11.4 Å². The van der Waals surface area contributed by atoms with E-state index in [0.717, 1.165) is 18.5 Å². The number of rotatable bonds is 1. The van der Waals surface area contributed by atoms with Crippen molar-refractivity contribution in [3.05, 3.63) is 29.8 Å². The van der Waals surface area contributed by atoms with E-state index < -0.39 is 0 Å². The molecule has 1 atom stereocenters. The predicted octanol–water partition coefficient (Wildman–Crippen LogP) is 3.72. The molecule has 1 heterocycles. The van der Waals surface area contributed by atoms with Crippen LogP contribution in [-0.4, -0.2) is 11.4 Å². The van der Waals surface area contributed by atoms with Gasteiger partial charge in [-0.05, 0) is 44.2 Å². The SMILES string of the molecule is CCC1CC(C)(C)N(C(C)=O)c2ccccc21. The van der Waals surface area contributed by atoms with Crippen LogP contribution in [0.2, 0.25) is 0 Å². The first-order valence-corrected chi connectivity index (χ1v) is 6.37. The molecule has 0 aromatic heterocycles. The first-order valence-electron chi connectivity index (χ1n) is 6.37. The van der Waals surface area contributed by atoms with Crippen molar-refractivity contribution >= 4 is 11.6 Å². The summed E-state index contributed by atoms with van der Waals surface area (Å²) in [5.74, 6) is 0.703. The minimum Gasteiger partial charge on any atom is -0.307 e. The van der Waals surface area contributed by atoms with Crippen LogP contribution in [0.4, 0.5) is 5.69 Å². The lowest BCUT2D eigenvalue weighted by molar-refractivity contribution is -0.117. The molecular formula is C15H21NO. The minimum absolute atomic E-state index is 0.0825. The molecule has 17 heavy (non-hydrogen) atoms. The molecule has 0 spiro atoms. The molecule has 0 saturated carbocycles.